The molecular formula is C31H26ClN5O2S2. The van der Waals surface area contributed by atoms with Crippen molar-refractivity contribution in [1.82, 2.24) is 20.1 Å². The first-order valence-electron chi connectivity index (χ1n) is 13.1. The van der Waals surface area contributed by atoms with Crippen molar-refractivity contribution in [3.63, 3.8) is 0 Å². The van der Waals surface area contributed by atoms with Gasteiger partial charge < -0.3 is 5.32 Å². The lowest BCUT2D eigenvalue weighted by atomic mass is 10.0. The summed E-state index contributed by atoms with van der Waals surface area (Å²) in [5, 5.41) is 10.5. The van der Waals surface area contributed by atoms with E-state index in [2.05, 4.69) is 10.3 Å². The van der Waals surface area contributed by atoms with Crippen LogP contribution in [0.5, 0.6) is 0 Å². The van der Waals surface area contributed by atoms with Crippen molar-refractivity contribution in [3.8, 4) is 16.3 Å². The number of nitrogens with one attached hydrogen (secondary N) is 1. The van der Waals surface area contributed by atoms with Crippen LogP contribution in [-0.2, 0) is 16.1 Å². The van der Waals surface area contributed by atoms with Gasteiger partial charge in [-0.2, -0.15) is 5.10 Å². The van der Waals surface area contributed by atoms with Crippen LogP contribution < -0.4 is 10.2 Å². The molecule has 2 aromatic carbocycles. The Morgan fingerprint density at radius 2 is 1.93 bits per heavy atom. The summed E-state index contributed by atoms with van der Waals surface area (Å²) in [5.41, 5.74) is 5.22. The molecule has 1 atom stereocenters. The smallest absolute Gasteiger partial charge is 0.240 e. The lowest BCUT2D eigenvalue weighted by Gasteiger charge is -2.23. The topological polar surface area (TPSA) is 80.1 Å². The molecule has 5 aromatic rings. The average Bonchev–Trinajstić information content (AvgIpc) is 3.62. The Balaban J connectivity index is 1.51. The van der Waals surface area contributed by atoms with E-state index in [1.807, 2.05) is 95.8 Å². The molecular weight excluding hydrogens is 574 g/mol. The van der Waals surface area contributed by atoms with Gasteiger partial charge in [-0.15, -0.1) is 23.1 Å². The van der Waals surface area contributed by atoms with Gasteiger partial charge in [-0.3, -0.25) is 19.5 Å². The van der Waals surface area contributed by atoms with Gasteiger partial charge in [0.15, 0.2) is 0 Å². The number of anilines is 1. The van der Waals surface area contributed by atoms with Crippen LogP contribution in [0.4, 0.5) is 5.82 Å². The highest BCUT2D eigenvalue weighted by Gasteiger charge is 2.38. The molecule has 0 radical (unpaired) electrons. The van der Waals surface area contributed by atoms with Gasteiger partial charge in [0.05, 0.1) is 33.8 Å². The van der Waals surface area contributed by atoms with Crippen LogP contribution in [0.15, 0.2) is 90.4 Å². The Hall–Kier alpha value is -3.92. The highest BCUT2D eigenvalue weighted by molar-refractivity contribution is 8.00. The first kappa shape index (κ1) is 27.3. The number of para-hydroxylation sites is 1. The summed E-state index contributed by atoms with van der Waals surface area (Å²) in [7, 11) is 0. The van der Waals surface area contributed by atoms with Gasteiger partial charge in [0.2, 0.25) is 11.8 Å². The van der Waals surface area contributed by atoms with E-state index in [-0.39, 0.29) is 35.9 Å². The second-order valence-electron chi connectivity index (χ2n) is 9.59. The number of halogens is 1. The number of hydrogen-bond donors (Lipinski definition) is 1. The Labute approximate surface area is 251 Å². The zero-order valence-corrected chi connectivity index (χ0v) is 24.5. The Morgan fingerprint density at radius 1 is 1.07 bits per heavy atom. The summed E-state index contributed by atoms with van der Waals surface area (Å²) in [4.78, 5) is 34.0. The van der Waals surface area contributed by atoms with Gasteiger partial charge >= 0.3 is 0 Å². The number of amides is 2. The number of carbonyl (C=O) groups excluding carboxylic acids is 2. The van der Waals surface area contributed by atoms with E-state index < -0.39 is 0 Å². The van der Waals surface area contributed by atoms with Crippen LogP contribution in [-0.4, -0.2) is 38.9 Å². The monoisotopic (exact) mass is 599 g/mol. The average molecular weight is 600 g/mol. The van der Waals surface area contributed by atoms with Crippen LogP contribution in [0.3, 0.4) is 0 Å². The van der Waals surface area contributed by atoms with Gasteiger partial charge in [-0.25, -0.2) is 4.68 Å². The van der Waals surface area contributed by atoms with Crippen LogP contribution in [0.1, 0.15) is 27.6 Å². The van der Waals surface area contributed by atoms with Gasteiger partial charge in [0.25, 0.3) is 0 Å². The fourth-order valence-electron chi connectivity index (χ4n) is 4.91. The maximum Gasteiger partial charge on any atom is 0.240 e. The lowest BCUT2D eigenvalue weighted by molar-refractivity contribution is -0.123. The van der Waals surface area contributed by atoms with Crippen molar-refractivity contribution in [2.75, 3.05) is 17.2 Å². The number of carbonyl (C=O) groups is 2. The number of aromatic nitrogens is 3. The summed E-state index contributed by atoms with van der Waals surface area (Å²) in [6.45, 7) is 2.13. The maximum absolute atomic E-state index is 13.8. The molecule has 1 aliphatic heterocycles. The summed E-state index contributed by atoms with van der Waals surface area (Å²) >= 11 is 9.55. The molecule has 4 heterocycles. The fraction of sp³-hybridized carbons (Fsp3) is 0.161. The number of benzene rings is 2. The van der Waals surface area contributed by atoms with Crippen molar-refractivity contribution in [2.45, 2.75) is 18.7 Å². The second-order valence-corrected chi connectivity index (χ2v) is 12.1. The summed E-state index contributed by atoms with van der Waals surface area (Å²) in [6.07, 6.45) is 1.69. The van der Waals surface area contributed by atoms with E-state index in [4.69, 9.17) is 16.7 Å². The molecule has 6 rings (SSSR count). The molecule has 0 bridgehead atoms. The van der Waals surface area contributed by atoms with Gasteiger partial charge in [-0.05, 0) is 59.8 Å². The SMILES string of the molecule is Cc1ccccc1-n1nc(-c2cccs2)c2c1N(CC(=O)NCc1ccccn1)C(=O)CS[C@H]2c1cccc(Cl)c1. The molecule has 0 aliphatic carbocycles. The Bertz CT molecular complexity index is 1710. The third kappa shape index (κ3) is 5.66. The zero-order valence-electron chi connectivity index (χ0n) is 22.2. The largest absolute Gasteiger partial charge is 0.349 e. The summed E-state index contributed by atoms with van der Waals surface area (Å²) in [5.74, 6) is 0.338. The number of thioether (sulfide) groups is 1. The zero-order chi connectivity index (χ0) is 28.3. The molecule has 1 aliphatic rings. The molecule has 0 fully saturated rings. The van der Waals surface area contributed by atoms with Gasteiger partial charge in [0.1, 0.15) is 18.1 Å². The number of fused-ring (bicyclic) bond motifs is 1. The van der Waals surface area contributed by atoms with Crippen molar-refractivity contribution < 1.29 is 9.59 Å². The quantitative estimate of drug-likeness (QED) is 0.233. The van der Waals surface area contributed by atoms with Crippen molar-refractivity contribution >= 4 is 52.3 Å². The minimum Gasteiger partial charge on any atom is -0.349 e. The highest BCUT2D eigenvalue weighted by atomic mass is 35.5. The van der Waals surface area contributed by atoms with E-state index in [9.17, 15) is 9.59 Å². The molecule has 10 heteroatoms. The normalized spacial score (nSPS) is 14.9. The summed E-state index contributed by atoms with van der Waals surface area (Å²) in [6, 6.07) is 25.2. The lowest BCUT2D eigenvalue weighted by Crippen LogP contribution is -2.42. The van der Waals surface area contributed by atoms with Gasteiger partial charge in [-0.1, -0.05) is 54.1 Å². The number of aryl methyl sites for hydroxylation is 1. The predicted molar refractivity (Wildman–Crippen MR) is 166 cm³/mol. The first-order chi connectivity index (χ1) is 20.0. The van der Waals surface area contributed by atoms with Crippen LogP contribution in [0, 0.1) is 6.92 Å². The highest BCUT2D eigenvalue weighted by Crippen LogP contribution is 2.49. The van der Waals surface area contributed by atoms with E-state index in [0.717, 1.165) is 38.6 Å². The number of hydrogen-bond acceptors (Lipinski definition) is 6. The predicted octanol–water partition coefficient (Wildman–Crippen LogP) is 6.44. The number of thiophene rings is 1. The number of rotatable bonds is 7. The Morgan fingerprint density at radius 3 is 2.68 bits per heavy atom. The molecule has 7 nitrogen and oxygen atoms in total. The minimum atomic E-state index is -0.281. The molecule has 0 unspecified atom stereocenters. The third-order valence-corrected chi connectivity index (χ3v) is 9.20. The van der Waals surface area contributed by atoms with Gasteiger partial charge in [0, 0.05) is 16.8 Å². The van der Waals surface area contributed by atoms with Crippen LogP contribution in [0.25, 0.3) is 16.3 Å². The first-order valence-corrected chi connectivity index (χ1v) is 15.4. The van der Waals surface area contributed by atoms with E-state index in [1.165, 1.54) is 11.8 Å². The molecule has 2 amide bonds. The molecule has 206 valence electrons. The van der Waals surface area contributed by atoms with Crippen molar-refractivity contribution in [1.29, 1.82) is 0 Å². The number of nitrogens with zero attached hydrogens (tertiary/aromatic N) is 4. The molecule has 41 heavy (non-hydrogen) atoms. The molecule has 1 N–H and O–H groups in total. The van der Waals surface area contributed by atoms with Crippen LogP contribution >= 0.6 is 34.7 Å². The van der Waals surface area contributed by atoms with E-state index in [0.29, 0.717) is 10.8 Å². The van der Waals surface area contributed by atoms with Crippen molar-refractivity contribution in [3.05, 3.63) is 118 Å². The molecule has 0 saturated carbocycles. The Kier molecular flexibility index (Phi) is 7.91. The third-order valence-electron chi connectivity index (χ3n) is 6.83. The minimum absolute atomic E-state index is 0.150. The maximum atomic E-state index is 13.8. The number of pyridine rings is 1. The van der Waals surface area contributed by atoms with Crippen molar-refractivity contribution in [2.24, 2.45) is 0 Å². The second kappa shape index (κ2) is 11.9. The summed E-state index contributed by atoms with van der Waals surface area (Å²) < 4.78 is 1.83. The van der Waals surface area contributed by atoms with Crippen LogP contribution in [0.2, 0.25) is 5.02 Å². The molecule has 0 spiro atoms. The fourth-order valence-corrected chi connectivity index (χ4v) is 7.02. The molecule has 0 saturated heterocycles. The molecule has 3 aromatic heterocycles. The standard InChI is InChI=1S/C31H26ClN5O2S2/c1-20-8-2-3-12-24(20)37-31-28(29(35-37)25-13-7-15-40-25)30(21-9-6-10-22(32)16-21)41-19-27(39)36(31)18-26(38)34-17-23-11-4-5-14-33-23/h2-16,30H,17-19H2,1H3,(H,34,38)/t30-/m0/s1. The van der Waals surface area contributed by atoms with E-state index >= 15 is 0 Å². The van der Waals surface area contributed by atoms with E-state index in [1.54, 1.807) is 22.4 Å².